The third-order valence-corrected chi connectivity index (χ3v) is 2.66. The molecule has 0 fully saturated rings. The number of allylic oxidation sites excluding steroid dienone is 2. The van der Waals surface area contributed by atoms with E-state index in [9.17, 15) is 4.57 Å². The van der Waals surface area contributed by atoms with Crippen LogP contribution in [0.5, 0.6) is 0 Å². The van der Waals surface area contributed by atoms with E-state index in [2.05, 4.69) is 0 Å². The molecule has 0 saturated heterocycles. The standard InChI is InChI=1S/C9H15O4P/c1-6-4-7(2)9(8(3)5-6)13-14(10,11)12/h4-5,7,9H,1-3H3,(H2,10,11,12). The molecule has 0 aliphatic heterocycles. The second-order valence-electron chi connectivity index (χ2n) is 3.67. The highest BCUT2D eigenvalue weighted by Gasteiger charge is 2.28. The Balaban J connectivity index is 2.82. The second kappa shape index (κ2) is 3.99. The molecule has 0 saturated carbocycles. The lowest BCUT2D eigenvalue weighted by atomic mass is 9.90. The van der Waals surface area contributed by atoms with E-state index in [4.69, 9.17) is 14.3 Å². The minimum atomic E-state index is -4.40. The van der Waals surface area contributed by atoms with Crippen LogP contribution in [0.4, 0.5) is 0 Å². The highest BCUT2D eigenvalue weighted by Crippen LogP contribution is 2.42. The highest BCUT2D eigenvalue weighted by molar-refractivity contribution is 7.46. The molecular formula is C9H15O4P. The Kier molecular flexibility index (Phi) is 3.32. The molecular weight excluding hydrogens is 203 g/mol. The first-order chi connectivity index (χ1) is 6.29. The van der Waals surface area contributed by atoms with Gasteiger partial charge in [-0.3, -0.25) is 4.52 Å². The van der Waals surface area contributed by atoms with Crippen molar-refractivity contribution < 1.29 is 18.9 Å². The van der Waals surface area contributed by atoms with Crippen LogP contribution in [-0.2, 0) is 9.09 Å². The molecule has 0 spiro atoms. The molecule has 2 N–H and O–H groups in total. The average Bonchev–Trinajstić information content (AvgIpc) is 1.95. The lowest BCUT2D eigenvalue weighted by Gasteiger charge is -2.26. The number of phosphoric ester groups is 1. The van der Waals surface area contributed by atoms with Gasteiger partial charge in [-0.25, -0.2) is 4.57 Å². The van der Waals surface area contributed by atoms with E-state index < -0.39 is 13.9 Å². The maximum atomic E-state index is 10.7. The average molecular weight is 218 g/mol. The van der Waals surface area contributed by atoms with Gasteiger partial charge in [0.2, 0.25) is 0 Å². The number of phosphoric acid groups is 1. The molecule has 14 heavy (non-hydrogen) atoms. The minimum absolute atomic E-state index is 0.00683. The van der Waals surface area contributed by atoms with Crippen molar-refractivity contribution in [2.45, 2.75) is 26.9 Å². The third-order valence-electron chi connectivity index (χ3n) is 2.16. The van der Waals surface area contributed by atoms with Crippen LogP contribution in [0.25, 0.3) is 0 Å². The molecule has 0 bridgehead atoms. The van der Waals surface area contributed by atoms with E-state index >= 15 is 0 Å². The summed E-state index contributed by atoms with van der Waals surface area (Å²) < 4.78 is 15.4. The summed E-state index contributed by atoms with van der Waals surface area (Å²) >= 11 is 0. The van der Waals surface area contributed by atoms with Crippen molar-refractivity contribution in [3.63, 3.8) is 0 Å². The summed E-state index contributed by atoms with van der Waals surface area (Å²) in [5.41, 5.74) is 1.95. The Bertz CT molecular complexity index is 326. The number of hydrogen-bond acceptors (Lipinski definition) is 2. The van der Waals surface area contributed by atoms with Crippen molar-refractivity contribution >= 4 is 7.82 Å². The SMILES string of the molecule is CC1=CC(C)C(OP(=O)(O)O)C(C)=C1. The molecule has 0 amide bonds. The lowest BCUT2D eigenvalue weighted by molar-refractivity contribution is 0.130. The first kappa shape index (κ1) is 11.7. The van der Waals surface area contributed by atoms with Crippen molar-refractivity contribution in [2.24, 2.45) is 5.92 Å². The zero-order valence-electron chi connectivity index (χ0n) is 8.47. The van der Waals surface area contributed by atoms with E-state index in [1.54, 1.807) is 0 Å². The molecule has 1 aliphatic carbocycles. The number of rotatable bonds is 2. The highest BCUT2D eigenvalue weighted by atomic mass is 31.2. The van der Waals surface area contributed by atoms with E-state index in [-0.39, 0.29) is 5.92 Å². The fraction of sp³-hybridized carbons (Fsp3) is 0.556. The summed E-state index contributed by atoms with van der Waals surface area (Å²) in [6.07, 6.45) is 3.30. The molecule has 0 aromatic carbocycles. The smallest absolute Gasteiger partial charge is 0.303 e. The van der Waals surface area contributed by atoms with Crippen LogP contribution in [-0.4, -0.2) is 15.9 Å². The summed E-state index contributed by atoms with van der Waals surface area (Å²) in [7, 11) is -4.40. The van der Waals surface area contributed by atoms with Crippen molar-refractivity contribution in [3.8, 4) is 0 Å². The topological polar surface area (TPSA) is 66.8 Å². The summed E-state index contributed by atoms with van der Waals surface area (Å²) in [5.74, 6) is -0.00683. The van der Waals surface area contributed by atoms with Crippen LogP contribution in [0.2, 0.25) is 0 Å². The largest absolute Gasteiger partial charge is 0.470 e. The van der Waals surface area contributed by atoms with Crippen LogP contribution in [0.1, 0.15) is 20.8 Å². The fourth-order valence-corrected chi connectivity index (χ4v) is 2.39. The van der Waals surface area contributed by atoms with Crippen molar-refractivity contribution in [1.29, 1.82) is 0 Å². The van der Waals surface area contributed by atoms with Gasteiger partial charge in [0.25, 0.3) is 0 Å². The zero-order valence-corrected chi connectivity index (χ0v) is 9.36. The van der Waals surface area contributed by atoms with Gasteiger partial charge in [0, 0.05) is 5.92 Å². The van der Waals surface area contributed by atoms with Crippen molar-refractivity contribution in [3.05, 3.63) is 23.3 Å². The Hall–Kier alpha value is -0.410. The van der Waals surface area contributed by atoms with Gasteiger partial charge < -0.3 is 9.79 Å². The maximum absolute atomic E-state index is 10.7. The molecule has 0 radical (unpaired) electrons. The zero-order chi connectivity index (χ0) is 10.9. The van der Waals surface area contributed by atoms with Gasteiger partial charge >= 0.3 is 7.82 Å². The van der Waals surface area contributed by atoms with Crippen molar-refractivity contribution in [2.75, 3.05) is 0 Å². The predicted molar refractivity (Wildman–Crippen MR) is 53.6 cm³/mol. The molecule has 5 heteroatoms. The van der Waals surface area contributed by atoms with E-state index in [0.29, 0.717) is 0 Å². The molecule has 0 heterocycles. The Morgan fingerprint density at radius 1 is 1.43 bits per heavy atom. The Labute approximate surface area is 83.5 Å². The van der Waals surface area contributed by atoms with Crippen LogP contribution in [0, 0.1) is 5.92 Å². The second-order valence-corrected chi connectivity index (χ2v) is 4.87. The van der Waals surface area contributed by atoms with Crippen molar-refractivity contribution in [1.82, 2.24) is 0 Å². The predicted octanol–water partition coefficient (Wildman–Crippen LogP) is 2.01. The van der Waals surface area contributed by atoms with Gasteiger partial charge in [-0.15, -0.1) is 0 Å². The van der Waals surface area contributed by atoms with Gasteiger partial charge in [-0.2, -0.15) is 0 Å². The van der Waals surface area contributed by atoms with Gasteiger partial charge in [0.1, 0.15) is 0 Å². The van der Waals surface area contributed by atoms with E-state index in [1.807, 2.05) is 32.9 Å². The molecule has 0 aromatic rings. The summed E-state index contributed by atoms with van der Waals surface area (Å²) in [5, 5.41) is 0. The Morgan fingerprint density at radius 2 is 2.00 bits per heavy atom. The lowest BCUT2D eigenvalue weighted by Crippen LogP contribution is -2.23. The van der Waals surface area contributed by atoms with Crippen LogP contribution in [0.15, 0.2) is 23.3 Å². The van der Waals surface area contributed by atoms with Gasteiger partial charge in [0.15, 0.2) is 0 Å². The fourth-order valence-electron chi connectivity index (χ4n) is 1.73. The molecule has 2 atom stereocenters. The molecule has 4 nitrogen and oxygen atoms in total. The first-order valence-electron chi connectivity index (χ1n) is 4.40. The van der Waals surface area contributed by atoms with E-state index in [1.165, 1.54) is 0 Å². The van der Waals surface area contributed by atoms with Gasteiger partial charge in [-0.1, -0.05) is 24.6 Å². The van der Waals surface area contributed by atoms with Crippen LogP contribution >= 0.6 is 7.82 Å². The molecule has 0 aromatic heterocycles. The monoisotopic (exact) mass is 218 g/mol. The maximum Gasteiger partial charge on any atom is 0.470 e. The summed E-state index contributed by atoms with van der Waals surface area (Å²) in [4.78, 5) is 17.4. The third kappa shape index (κ3) is 3.07. The number of hydrogen-bond donors (Lipinski definition) is 2. The quantitative estimate of drug-likeness (QED) is 0.695. The normalized spacial score (nSPS) is 28.4. The Morgan fingerprint density at radius 3 is 2.43 bits per heavy atom. The van der Waals surface area contributed by atoms with Gasteiger partial charge in [0.05, 0.1) is 6.10 Å². The molecule has 2 unspecified atom stereocenters. The molecule has 80 valence electrons. The van der Waals surface area contributed by atoms with Gasteiger partial charge in [-0.05, 0) is 19.4 Å². The summed E-state index contributed by atoms with van der Waals surface area (Å²) in [6.45, 7) is 5.64. The minimum Gasteiger partial charge on any atom is -0.303 e. The van der Waals surface area contributed by atoms with Crippen LogP contribution in [0.3, 0.4) is 0 Å². The van der Waals surface area contributed by atoms with E-state index in [0.717, 1.165) is 11.1 Å². The van der Waals surface area contributed by atoms with Crippen LogP contribution < -0.4 is 0 Å². The molecule has 1 aliphatic rings. The summed E-state index contributed by atoms with van der Waals surface area (Å²) in [6, 6.07) is 0. The first-order valence-corrected chi connectivity index (χ1v) is 5.93. The molecule has 1 rings (SSSR count).